The summed E-state index contributed by atoms with van der Waals surface area (Å²) in [4.78, 5) is 21.6. The van der Waals surface area contributed by atoms with E-state index in [1.54, 1.807) is 6.92 Å². The molecule has 1 rings (SSSR count). The zero-order valence-electron chi connectivity index (χ0n) is 8.94. The van der Waals surface area contributed by atoms with Gasteiger partial charge in [-0.15, -0.1) is 11.6 Å². The first kappa shape index (κ1) is 13.9. The molecule has 1 N–H and O–H groups in total. The lowest BCUT2D eigenvalue weighted by Gasteiger charge is -2.09. The van der Waals surface area contributed by atoms with Crippen molar-refractivity contribution in [1.82, 2.24) is 0 Å². The van der Waals surface area contributed by atoms with Gasteiger partial charge in [0, 0.05) is 23.6 Å². The van der Waals surface area contributed by atoms with Gasteiger partial charge in [-0.25, -0.2) is 0 Å². The van der Waals surface area contributed by atoms with Crippen molar-refractivity contribution in [3.63, 3.8) is 0 Å². The van der Waals surface area contributed by atoms with Gasteiger partial charge < -0.3 is 5.32 Å². The maximum absolute atomic E-state index is 11.5. The summed E-state index contributed by atoms with van der Waals surface area (Å²) in [5, 5.41) is 13.2. The SMILES string of the molecule is CC(CCl)C(=O)Nc1ccc([N+](=O)[O-])c(Br)c1. The Kier molecular flexibility index (Phi) is 4.89. The summed E-state index contributed by atoms with van der Waals surface area (Å²) < 4.78 is 0.318. The number of nitro groups is 1. The van der Waals surface area contributed by atoms with Crippen molar-refractivity contribution < 1.29 is 9.72 Å². The molecule has 92 valence electrons. The maximum Gasteiger partial charge on any atom is 0.283 e. The zero-order valence-corrected chi connectivity index (χ0v) is 11.3. The smallest absolute Gasteiger partial charge is 0.283 e. The number of amides is 1. The highest BCUT2D eigenvalue weighted by Crippen LogP contribution is 2.27. The van der Waals surface area contributed by atoms with E-state index < -0.39 is 4.92 Å². The van der Waals surface area contributed by atoms with Gasteiger partial charge in [0.05, 0.1) is 9.40 Å². The van der Waals surface area contributed by atoms with E-state index in [0.717, 1.165) is 0 Å². The van der Waals surface area contributed by atoms with E-state index >= 15 is 0 Å². The molecule has 0 aromatic heterocycles. The first-order chi connectivity index (χ1) is 7.95. The number of halogens is 2. The summed E-state index contributed by atoms with van der Waals surface area (Å²) in [5.41, 5.74) is 0.442. The molecule has 5 nitrogen and oxygen atoms in total. The first-order valence-electron chi connectivity index (χ1n) is 4.76. The van der Waals surface area contributed by atoms with E-state index in [1.165, 1.54) is 18.2 Å². The molecule has 1 aromatic rings. The Morgan fingerprint density at radius 3 is 2.76 bits per heavy atom. The summed E-state index contributed by atoms with van der Waals surface area (Å²) in [6, 6.07) is 4.28. The molecule has 1 amide bonds. The fourth-order valence-corrected chi connectivity index (χ4v) is 1.73. The number of rotatable bonds is 4. The lowest BCUT2D eigenvalue weighted by molar-refractivity contribution is -0.385. The number of benzene rings is 1. The Hall–Kier alpha value is -1.14. The lowest BCUT2D eigenvalue weighted by Crippen LogP contribution is -2.21. The number of carbonyl (C=O) groups is 1. The van der Waals surface area contributed by atoms with Crippen molar-refractivity contribution in [2.45, 2.75) is 6.92 Å². The normalized spacial score (nSPS) is 11.9. The summed E-state index contributed by atoms with van der Waals surface area (Å²) in [5.74, 6) is -0.314. The highest BCUT2D eigenvalue weighted by molar-refractivity contribution is 9.10. The molecule has 0 bridgehead atoms. The third-order valence-corrected chi connectivity index (χ3v) is 3.19. The standard InChI is InChI=1S/C10H10BrClN2O3/c1-6(5-12)10(15)13-7-2-3-9(14(16)17)8(11)4-7/h2-4,6H,5H2,1H3,(H,13,15). The van der Waals surface area contributed by atoms with Crippen LogP contribution in [0.1, 0.15) is 6.92 Å². The van der Waals surface area contributed by atoms with Gasteiger partial charge in [0.25, 0.3) is 5.69 Å². The van der Waals surface area contributed by atoms with Crippen molar-refractivity contribution in [1.29, 1.82) is 0 Å². The average Bonchev–Trinajstić information content (AvgIpc) is 2.27. The van der Waals surface area contributed by atoms with Crippen LogP contribution in [-0.2, 0) is 4.79 Å². The molecule has 17 heavy (non-hydrogen) atoms. The predicted molar refractivity (Wildman–Crippen MR) is 69.3 cm³/mol. The van der Waals surface area contributed by atoms with Crippen molar-refractivity contribution >= 4 is 44.8 Å². The fourth-order valence-electron chi connectivity index (χ4n) is 1.07. The van der Waals surface area contributed by atoms with Crippen LogP contribution in [0, 0.1) is 16.0 Å². The van der Waals surface area contributed by atoms with Gasteiger partial charge in [0.15, 0.2) is 0 Å². The number of nitrogens with zero attached hydrogens (tertiary/aromatic N) is 1. The van der Waals surface area contributed by atoms with E-state index in [9.17, 15) is 14.9 Å². The molecule has 0 aliphatic carbocycles. The molecule has 0 spiro atoms. The van der Waals surface area contributed by atoms with Crippen molar-refractivity contribution in [3.05, 3.63) is 32.8 Å². The second kappa shape index (κ2) is 5.97. The molecule has 1 atom stereocenters. The fraction of sp³-hybridized carbons (Fsp3) is 0.300. The molecule has 0 aliphatic rings. The Bertz CT molecular complexity index is 453. The van der Waals surface area contributed by atoms with Crippen LogP contribution in [0.4, 0.5) is 11.4 Å². The summed E-state index contributed by atoms with van der Waals surface area (Å²) in [7, 11) is 0. The van der Waals surface area contributed by atoms with Crippen LogP contribution in [-0.4, -0.2) is 16.7 Å². The summed E-state index contributed by atoms with van der Waals surface area (Å²) >= 11 is 8.62. The van der Waals surface area contributed by atoms with E-state index in [-0.39, 0.29) is 23.4 Å². The first-order valence-corrected chi connectivity index (χ1v) is 6.09. The molecule has 0 fully saturated rings. The van der Waals surface area contributed by atoms with Crippen LogP contribution in [0.2, 0.25) is 0 Å². The van der Waals surface area contributed by atoms with Crippen LogP contribution in [0.15, 0.2) is 22.7 Å². The summed E-state index contributed by atoms with van der Waals surface area (Å²) in [6.07, 6.45) is 0. The minimum absolute atomic E-state index is 0.0478. The predicted octanol–water partition coefficient (Wildman–Crippen LogP) is 3.17. The zero-order chi connectivity index (χ0) is 13.0. The van der Waals surface area contributed by atoms with E-state index in [2.05, 4.69) is 21.2 Å². The Labute approximate surface area is 111 Å². The van der Waals surface area contributed by atoms with Crippen LogP contribution in [0.3, 0.4) is 0 Å². The van der Waals surface area contributed by atoms with Gasteiger partial charge in [-0.3, -0.25) is 14.9 Å². The minimum Gasteiger partial charge on any atom is -0.326 e. The second-order valence-corrected chi connectivity index (χ2v) is 4.63. The van der Waals surface area contributed by atoms with Gasteiger partial charge in [-0.05, 0) is 28.1 Å². The van der Waals surface area contributed by atoms with Gasteiger partial charge in [-0.2, -0.15) is 0 Å². The number of alkyl halides is 1. The molecular weight excluding hydrogens is 311 g/mol. The van der Waals surface area contributed by atoms with E-state index in [1.807, 2.05) is 0 Å². The lowest BCUT2D eigenvalue weighted by atomic mass is 10.2. The Balaban J connectivity index is 2.84. The van der Waals surface area contributed by atoms with Crippen molar-refractivity contribution in [2.75, 3.05) is 11.2 Å². The quantitative estimate of drug-likeness (QED) is 0.526. The van der Waals surface area contributed by atoms with Crippen LogP contribution in [0.5, 0.6) is 0 Å². The minimum atomic E-state index is -0.503. The molecule has 1 aromatic carbocycles. The number of hydrogen-bond acceptors (Lipinski definition) is 3. The topological polar surface area (TPSA) is 72.2 Å². The number of nitro benzene ring substituents is 1. The van der Waals surface area contributed by atoms with Crippen LogP contribution in [0.25, 0.3) is 0 Å². The highest BCUT2D eigenvalue weighted by atomic mass is 79.9. The number of carbonyl (C=O) groups excluding carboxylic acids is 1. The molecule has 0 radical (unpaired) electrons. The number of nitrogens with one attached hydrogen (secondary N) is 1. The largest absolute Gasteiger partial charge is 0.326 e. The third-order valence-electron chi connectivity index (χ3n) is 2.09. The average molecular weight is 322 g/mol. The maximum atomic E-state index is 11.5. The molecule has 0 heterocycles. The number of hydrogen-bond donors (Lipinski definition) is 1. The summed E-state index contributed by atoms with van der Waals surface area (Å²) in [6.45, 7) is 1.70. The van der Waals surface area contributed by atoms with Crippen LogP contribution >= 0.6 is 27.5 Å². The molecule has 7 heteroatoms. The molecule has 0 aliphatic heterocycles. The van der Waals surface area contributed by atoms with Crippen LogP contribution < -0.4 is 5.32 Å². The molecule has 0 saturated heterocycles. The highest BCUT2D eigenvalue weighted by Gasteiger charge is 2.15. The second-order valence-electron chi connectivity index (χ2n) is 3.47. The molecule has 1 unspecified atom stereocenters. The van der Waals surface area contributed by atoms with Gasteiger partial charge in [-0.1, -0.05) is 6.92 Å². The number of anilines is 1. The monoisotopic (exact) mass is 320 g/mol. The van der Waals surface area contributed by atoms with Gasteiger partial charge >= 0.3 is 0 Å². The van der Waals surface area contributed by atoms with E-state index in [4.69, 9.17) is 11.6 Å². The van der Waals surface area contributed by atoms with Gasteiger partial charge in [0.2, 0.25) is 5.91 Å². The Morgan fingerprint density at radius 2 is 2.29 bits per heavy atom. The Morgan fingerprint density at radius 1 is 1.65 bits per heavy atom. The molecular formula is C10H10BrClN2O3. The van der Waals surface area contributed by atoms with E-state index in [0.29, 0.717) is 10.2 Å². The van der Waals surface area contributed by atoms with Crippen molar-refractivity contribution in [2.24, 2.45) is 5.92 Å². The van der Waals surface area contributed by atoms with Gasteiger partial charge in [0.1, 0.15) is 0 Å². The third kappa shape index (κ3) is 3.67. The van der Waals surface area contributed by atoms with Crippen molar-refractivity contribution in [3.8, 4) is 0 Å². The molecule has 0 saturated carbocycles.